The van der Waals surface area contributed by atoms with Gasteiger partial charge in [-0.05, 0) is 36.8 Å². The third kappa shape index (κ3) is 1.56. The lowest BCUT2D eigenvalue weighted by Gasteiger charge is -2.08. The van der Waals surface area contributed by atoms with Gasteiger partial charge in [0.15, 0.2) is 0 Å². The summed E-state index contributed by atoms with van der Waals surface area (Å²) in [5.74, 6) is 0. The van der Waals surface area contributed by atoms with Crippen molar-refractivity contribution >= 4 is 16.7 Å². The second kappa shape index (κ2) is 3.63. The summed E-state index contributed by atoms with van der Waals surface area (Å²) in [6.45, 7) is 2.07. The van der Waals surface area contributed by atoms with Crippen LogP contribution in [0.5, 0.6) is 0 Å². The lowest BCUT2D eigenvalue weighted by molar-refractivity contribution is 1.32. The van der Waals surface area contributed by atoms with Crippen molar-refractivity contribution in [2.45, 2.75) is 6.92 Å². The van der Waals surface area contributed by atoms with E-state index in [4.69, 9.17) is 5.73 Å². The van der Waals surface area contributed by atoms with Gasteiger partial charge in [-0.25, -0.2) is 4.98 Å². The number of aryl methyl sites for hydroxylation is 1. The van der Waals surface area contributed by atoms with Gasteiger partial charge in [0.05, 0.1) is 0 Å². The monoisotopic (exact) mass is 223 g/mol. The molecule has 2 heterocycles. The van der Waals surface area contributed by atoms with Gasteiger partial charge in [-0.1, -0.05) is 11.6 Å². The van der Waals surface area contributed by atoms with Crippen molar-refractivity contribution in [1.82, 2.24) is 9.97 Å². The highest BCUT2D eigenvalue weighted by atomic mass is 14.8. The van der Waals surface area contributed by atoms with E-state index >= 15 is 0 Å². The Morgan fingerprint density at radius 3 is 2.88 bits per heavy atom. The minimum Gasteiger partial charge on any atom is -0.398 e. The molecule has 0 spiro atoms. The second-order valence-corrected chi connectivity index (χ2v) is 4.19. The third-order valence-electron chi connectivity index (χ3n) is 2.96. The molecule has 0 bridgehead atoms. The molecule has 3 N–H and O–H groups in total. The molecule has 0 atom stereocenters. The Balaban J connectivity index is 2.34. The van der Waals surface area contributed by atoms with Crippen molar-refractivity contribution in [2.24, 2.45) is 0 Å². The minimum absolute atomic E-state index is 0.796. The second-order valence-electron chi connectivity index (χ2n) is 4.19. The van der Waals surface area contributed by atoms with Crippen molar-refractivity contribution in [1.29, 1.82) is 0 Å². The maximum absolute atomic E-state index is 6.05. The number of H-pyrrole nitrogens is 1. The van der Waals surface area contributed by atoms with Gasteiger partial charge >= 0.3 is 0 Å². The van der Waals surface area contributed by atoms with Crippen LogP contribution in [0.1, 0.15) is 5.56 Å². The minimum atomic E-state index is 0.796. The number of nitrogens with two attached hydrogens (primary N) is 1. The number of anilines is 1. The highest BCUT2D eigenvalue weighted by Gasteiger charge is 2.08. The van der Waals surface area contributed by atoms with Crippen molar-refractivity contribution in [3.63, 3.8) is 0 Å². The Bertz CT molecular complexity index is 683. The van der Waals surface area contributed by atoms with Gasteiger partial charge in [0, 0.05) is 29.0 Å². The van der Waals surface area contributed by atoms with Crippen LogP contribution in [0.15, 0.2) is 42.7 Å². The number of aromatic nitrogens is 2. The Kier molecular flexibility index (Phi) is 2.11. The van der Waals surface area contributed by atoms with Gasteiger partial charge in [-0.15, -0.1) is 0 Å². The standard InChI is InChI=1S/C14H13N3/c1-9-2-3-13(15)12(8-9)10-4-6-16-14-11(10)5-7-17-14/h2-8H,15H2,1H3,(H,16,17). The van der Waals surface area contributed by atoms with E-state index < -0.39 is 0 Å². The van der Waals surface area contributed by atoms with Crippen LogP contribution < -0.4 is 5.73 Å². The largest absolute Gasteiger partial charge is 0.398 e. The Hall–Kier alpha value is -2.29. The van der Waals surface area contributed by atoms with Gasteiger partial charge in [-0.2, -0.15) is 0 Å². The number of hydrogen-bond acceptors (Lipinski definition) is 2. The SMILES string of the molecule is Cc1ccc(N)c(-c2ccnc3[nH]ccc23)c1. The van der Waals surface area contributed by atoms with Crippen LogP contribution in [0.2, 0.25) is 0 Å². The maximum atomic E-state index is 6.05. The average molecular weight is 223 g/mol. The Morgan fingerprint density at radius 1 is 1.12 bits per heavy atom. The molecule has 0 aliphatic heterocycles. The number of nitrogen functional groups attached to an aromatic ring is 1. The molecule has 0 aliphatic rings. The topological polar surface area (TPSA) is 54.7 Å². The lowest BCUT2D eigenvalue weighted by atomic mass is 10.00. The fourth-order valence-corrected chi connectivity index (χ4v) is 2.10. The molecule has 3 rings (SSSR count). The van der Waals surface area contributed by atoms with Crippen LogP contribution in [-0.4, -0.2) is 9.97 Å². The van der Waals surface area contributed by atoms with Gasteiger partial charge in [0.25, 0.3) is 0 Å². The van der Waals surface area contributed by atoms with Crippen LogP contribution in [0, 0.1) is 6.92 Å². The summed E-state index contributed by atoms with van der Waals surface area (Å²) in [6, 6.07) is 10.1. The van der Waals surface area contributed by atoms with Gasteiger partial charge < -0.3 is 10.7 Å². The molecule has 0 saturated heterocycles. The molecule has 84 valence electrons. The number of pyridine rings is 1. The first kappa shape index (κ1) is 9.90. The molecule has 17 heavy (non-hydrogen) atoms. The zero-order valence-electron chi connectivity index (χ0n) is 9.57. The molecule has 3 nitrogen and oxygen atoms in total. The van der Waals surface area contributed by atoms with E-state index in [1.165, 1.54) is 5.56 Å². The normalized spacial score (nSPS) is 10.9. The number of rotatable bonds is 1. The molecule has 0 unspecified atom stereocenters. The number of nitrogens with one attached hydrogen (secondary N) is 1. The number of hydrogen-bond donors (Lipinski definition) is 2. The van der Waals surface area contributed by atoms with E-state index in [2.05, 4.69) is 23.0 Å². The molecular formula is C14H13N3. The molecule has 0 saturated carbocycles. The smallest absolute Gasteiger partial charge is 0.137 e. The van der Waals surface area contributed by atoms with Crippen molar-refractivity contribution in [3.8, 4) is 11.1 Å². The predicted octanol–water partition coefficient (Wildman–Crippen LogP) is 3.12. The quantitative estimate of drug-likeness (QED) is 0.623. The molecule has 0 aliphatic carbocycles. The van der Waals surface area contributed by atoms with E-state index in [-0.39, 0.29) is 0 Å². The van der Waals surface area contributed by atoms with E-state index in [0.29, 0.717) is 0 Å². The first-order valence-corrected chi connectivity index (χ1v) is 5.54. The number of nitrogens with zero attached hydrogens (tertiary/aromatic N) is 1. The van der Waals surface area contributed by atoms with E-state index in [1.54, 1.807) is 6.20 Å². The number of aromatic amines is 1. The molecule has 0 radical (unpaired) electrons. The van der Waals surface area contributed by atoms with Gasteiger partial charge in [0.1, 0.15) is 5.65 Å². The summed E-state index contributed by atoms with van der Waals surface area (Å²) in [4.78, 5) is 7.39. The predicted molar refractivity (Wildman–Crippen MR) is 70.7 cm³/mol. The summed E-state index contributed by atoms with van der Waals surface area (Å²) < 4.78 is 0. The Morgan fingerprint density at radius 2 is 2.00 bits per heavy atom. The highest BCUT2D eigenvalue weighted by Crippen LogP contribution is 2.31. The molecule has 0 fully saturated rings. The zero-order chi connectivity index (χ0) is 11.8. The Labute approximate surface area is 99.3 Å². The third-order valence-corrected chi connectivity index (χ3v) is 2.96. The molecule has 1 aromatic carbocycles. The summed E-state index contributed by atoms with van der Waals surface area (Å²) in [6.07, 6.45) is 3.70. The fraction of sp³-hybridized carbons (Fsp3) is 0.0714. The molecular weight excluding hydrogens is 210 g/mol. The van der Waals surface area contributed by atoms with Crippen LogP contribution in [0.4, 0.5) is 5.69 Å². The molecule has 3 aromatic rings. The highest BCUT2D eigenvalue weighted by molar-refractivity contribution is 5.96. The maximum Gasteiger partial charge on any atom is 0.137 e. The molecule has 2 aromatic heterocycles. The summed E-state index contributed by atoms with van der Waals surface area (Å²) in [5, 5.41) is 1.10. The summed E-state index contributed by atoms with van der Waals surface area (Å²) >= 11 is 0. The van der Waals surface area contributed by atoms with Gasteiger partial charge in [0.2, 0.25) is 0 Å². The van der Waals surface area contributed by atoms with Gasteiger partial charge in [-0.3, -0.25) is 0 Å². The summed E-state index contributed by atoms with van der Waals surface area (Å²) in [7, 11) is 0. The first-order valence-electron chi connectivity index (χ1n) is 5.54. The summed E-state index contributed by atoms with van der Waals surface area (Å²) in [5.41, 5.74) is 11.1. The van der Waals surface area contributed by atoms with E-state index in [9.17, 15) is 0 Å². The van der Waals surface area contributed by atoms with Crippen molar-refractivity contribution in [3.05, 3.63) is 48.3 Å². The average Bonchev–Trinajstić information content (AvgIpc) is 2.80. The van der Waals surface area contributed by atoms with Crippen LogP contribution in [0.3, 0.4) is 0 Å². The van der Waals surface area contributed by atoms with E-state index in [0.717, 1.165) is 27.8 Å². The number of fused-ring (bicyclic) bond motifs is 1. The zero-order valence-corrected chi connectivity index (χ0v) is 9.57. The first-order chi connectivity index (χ1) is 8.25. The fourth-order valence-electron chi connectivity index (χ4n) is 2.10. The molecule has 3 heteroatoms. The van der Waals surface area contributed by atoms with E-state index in [1.807, 2.05) is 30.5 Å². The van der Waals surface area contributed by atoms with Crippen LogP contribution in [0.25, 0.3) is 22.2 Å². The van der Waals surface area contributed by atoms with Crippen LogP contribution in [-0.2, 0) is 0 Å². The van der Waals surface area contributed by atoms with Crippen molar-refractivity contribution < 1.29 is 0 Å². The van der Waals surface area contributed by atoms with Crippen LogP contribution >= 0.6 is 0 Å². The van der Waals surface area contributed by atoms with Crippen molar-refractivity contribution in [2.75, 3.05) is 5.73 Å². The molecule has 0 amide bonds. The number of benzene rings is 1. The lowest BCUT2D eigenvalue weighted by Crippen LogP contribution is -1.91.